The molecule has 3 rings (SSSR count). The Morgan fingerprint density at radius 1 is 1.14 bits per heavy atom. The van der Waals surface area contributed by atoms with Crippen molar-refractivity contribution in [1.82, 2.24) is 9.55 Å². The number of fused-ring (bicyclic) bond motifs is 1. The lowest BCUT2D eigenvalue weighted by atomic mass is 10.1. The first-order valence-electron chi connectivity index (χ1n) is 7.06. The normalized spacial score (nSPS) is 11.4. The first-order chi connectivity index (χ1) is 10.1. The Morgan fingerprint density at radius 3 is 2.52 bits per heavy atom. The summed E-state index contributed by atoms with van der Waals surface area (Å²) in [4.78, 5) is 4.70. The van der Waals surface area contributed by atoms with Gasteiger partial charge in [0.05, 0.1) is 11.2 Å². The second kappa shape index (κ2) is 5.20. The van der Waals surface area contributed by atoms with Crippen LogP contribution in [0.5, 0.6) is 0 Å². The minimum Gasteiger partial charge on any atom is -0.397 e. The zero-order valence-electron chi connectivity index (χ0n) is 12.2. The Hall–Kier alpha value is -2.36. The van der Waals surface area contributed by atoms with Crippen LogP contribution in [0.15, 0.2) is 42.5 Å². The third-order valence-electron chi connectivity index (χ3n) is 3.62. The molecule has 0 atom stereocenters. The number of nitrogens with two attached hydrogens (primary N) is 1. The predicted molar refractivity (Wildman–Crippen MR) is 83.7 cm³/mol. The largest absolute Gasteiger partial charge is 0.397 e. The molecule has 0 saturated heterocycles. The smallest absolute Gasteiger partial charge is 0.123 e. The maximum Gasteiger partial charge on any atom is 0.123 e. The van der Waals surface area contributed by atoms with E-state index in [4.69, 9.17) is 10.7 Å². The van der Waals surface area contributed by atoms with E-state index in [-0.39, 0.29) is 11.9 Å². The van der Waals surface area contributed by atoms with Crippen LogP contribution in [-0.4, -0.2) is 9.55 Å². The Balaban J connectivity index is 2.11. The molecule has 2 N–H and O–H groups in total. The molecule has 0 aliphatic rings. The van der Waals surface area contributed by atoms with Gasteiger partial charge in [0, 0.05) is 12.5 Å². The maximum absolute atomic E-state index is 13.0. The first-order valence-corrected chi connectivity index (χ1v) is 7.06. The summed E-state index contributed by atoms with van der Waals surface area (Å²) in [6.45, 7) is 4.25. The summed E-state index contributed by atoms with van der Waals surface area (Å²) in [6, 6.07) is 12.7. The molecule has 4 heteroatoms. The van der Waals surface area contributed by atoms with Gasteiger partial charge < -0.3 is 10.3 Å². The van der Waals surface area contributed by atoms with Crippen LogP contribution in [0.25, 0.3) is 11.0 Å². The van der Waals surface area contributed by atoms with Gasteiger partial charge in [-0.15, -0.1) is 0 Å². The molecule has 3 nitrogen and oxygen atoms in total. The number of imidazole rings is 1. The Kier molecular flexibility index (Phi) is 3.37. The Bertz CT molecular complexity index is 773. The lowest BCUT2D eigenvalue weighted by Gasteiger charge is -2.13. The molecule has 108 valence electrons. The van der Waals surface area contributed by atoms with Crippen molar-refractivity contribution in [1.29, 1.82) is 0 Å². The highest BCUT2D eigenvalue weighted by Gasteiger charge is 2.15. The second-order valence-electron chi connectivity index (χ2n) is 5.51. The zero-order valence-corrected chi connectivity index (χ0v) is 12.2. The molecule has 0 saturated carbocycles. The second-order valence-corrected chi connectivity index (χ2v) is 5.51. The lowest BCUT2D eigenvalue weighted by molar-refractivity contribution is 0.591. The van der Waals surface area contributed by atoms with E-state index in [0.29, 0.717) is 12.1 Å². The molecule has 0 radical (unpaired) electrons. The van der Waals surface area contributed by atoms with Crippen molar-refractivity contribution in [3.05, 3.63) is 59.7 Å². The van der Waals surface area contributed by atoms with Crippen molar-refractivity contribution in [2.75, 3.05) is 5.73 Å². The summed E-state index contributed by atoms with van der Waals surface area (Å²) in [5.74, 6) is 0.727. The Labute approximate surface area is 123 Å². The number of halogens is 1. The quantitative estimate of drug-likeness (QED) is 0.740. The molecule has 0 amide bonds. The minimum absolute atomic E-state index is 0.222. The number of anilines is 1. The number of aromatic nitrogens is 2. The molecule has 3 aromatic rings. The molecule has 21 heavy (non-hydrogen) atoms. The molecule has 0 spiro atoms. The third kappa shape index (κ3) is 2.49. The van der Waals surface area contributed by atoms with Crippen molar-refractivity contribution < 1.29 is 4.39 Å². The van der Waals surface area contributed by atoms with E-state index in [0.717, 1.165) is 22.4 Å². The maximum atomic E-state index is 13.0. The Morgan fingerprint density at radius 2 is 1.86 bits per heavy atom. The van der Waals surface area contributed by atoms with Gasteiger partial charge in [-0.1, -0.05) is 18.2 Å². The molecule has 0 aliphatic carbocycles. The van der Waals surface area contributed by atoms with E-state index in [1.165, 1.54) is 12.1 Å². The summed E-state index contributed by atoms with van der Waals surface area (Å²) in [7, 11) is 0. The van der Waals surface area contributed by atoms with Gasteiger partial charge in [-0.05, 0) is 43.7 Å². The van der Waals surface area contributed by atoms with Gasteiger partial charge in [0.2, 0.25) is 0 Å². The standard InChI is InChI=1S/C17H18FN3/c1-11(2)21-15-5-3-4-14(19)17(15)20-16(21)10-12-6-8-13(18)9-7-12/h3-9,11H,10,19H2,1-2H3. The van der Waals surface area contributed by atoms with Crippen LogP contribution in [0.1, 0.15) is 31.3 Å². The molecule has 0 unspecified atom stereocenters. The average molecular weight is 283 g/mol. The van der Waals surface area contributed by atoms with Gasteiger partial charge in [-0.25, -0.2) is 9.37 Å². The topological polar surface area (TPSA) is 43.8 Å². The van der Waals surface area contributed by atoms with Crippen molar-refractivity contribution in [2.45, 2.75) is 26.3 Å². The van der Waals surface area contributed by atoms with Gasteiger partial charge in [-0.3, -0.25) is 0 Å². The fourth-order valence-electron chi connectivity index (χ4n) is 2.67. The first kappa shape index (κ1) is 13.6. The summed E-state index contributed by atoms with van der Waals surface area (Å²) < 4.78 is 15.2. The van der Waals surface area contributed by atoms with Crippen molar-refractivity contribution >= 4 is 16.7 Å². The number of para-hydroxylation sites is 1. The van der Waals surface area contributed by atoms with Crippen LogP contribution in [0.4, 0.5) is 10.1 Å². The summed E-state index contributed by atoms with van der Waals surface area (Å²) in [5, 5.41) is 0. The number of nitrogens with zero attached hydrogens (tertiary/aromatic N) is 2. The van der Waals surface area contributed by atoms with Gasteiger partial charge in [0.25, 0.3) is 0 Å². The fourth-order valence-corrected chi connectivity index (χ4v) is 2.67. The van der Waals surface area contributed by atoms with E-state index < -0.39 is 0 Å². The number of hydrogen-bond donors (Lipinski definition) is 1. The fraction of sp³-hybridized carbons (Fsp3) is 0.235. The van der Waals surface area contributed by atoms with E-state index >= 15 is 0 Å². The van der Waals surface area contributed by atoms with Crippen LogP contribution >= 0.6 is 0 Å². The van der Waals surface area contributed by atoms with Crippen LogP contribution in [-0.2, 0) is 6.42 Å². The number of nitrogen functional groups attached to an aromatic ring is 1. The van der Waals surface area contributed by atoms with Gasteiger partial charge in [-0.2, -0.15) is 0 Å². The van der Waals surface area contributed by atoms with Gasteiger partial charge in [0.15, 0.2) is 0 Å². The van der Waals surface area contributed by atoms with Crippen LogP contribution < -0.4 is 5.73 Å². The van der Waals surface area contributed by atoms with Crippen molar-refractivity contribution in [3.8, 4) is 0 Å². The number of hydrogen-bond acceptors (Lipinski definition) is 2. The molecule has 1 aromatic heterocycles. The summed E-state index contributed by atoms with van der Waals surface area (Å²) >= 11 is 0. The monoisotopic (exact) mass is 283 g/mol. The average Bonchev–Trinajstić information content (AvgIpc) is 2.81. The molecular formula is C17H18FN3. The predicted octanol–water partition coefficient (Wildman–Crippen LogP) is 3.93. The summed E-state index contributed by atoms with van der Waals surface area (Å²) in [5.41, 5.74) is 9.63. The van der Waals surface area contributed by atoms with Crippen LogP contribution in [0, 0.1) is 5.82 Å². The van der Waals surface area contributed by atoms with E-state index in [1.807, 2.05) is 18.2 Å². The van der Waals surface area contributed by atoms with E-state index in [9.17, 15) is 4.39 Å². The highest BCUT2D eigenvalue weighted by Crippen LogP contribution is 2.26. The highest BCUT2D eigenvalue weighted by molar-refractivity contribution is 5.87. The van der Waals surface area contributed by atoms with Gasteiger partial charge >= 0.3 is 0 Å². The lowest BCUT2D eigenvalue weighted by Crippen LogP contribution is -2.07. The molecular weight excluding hydrogens is 265 g/mol. The van der Waals surface area contributed by atoms with Crippen molar-refractivity contribution in [3.63, 3.8) is 0 Å². The molecule has 0 aliphatic heterocycles. The molecule has 0 bridgehead atoms. The van der Waals surface area contributed by atoms with E-state index in [1.54, 1.807) is 12.1 Å². The highest BCUT2D eigenvalue weighted by atomic mass is 19.1. The van der Waals surface area contributed by atoms with Gasteiger partial charge in [0.1, 0.15) is 17.2 Å². The van der Waals surface area contributed by atoms with Crippen LogP contribution in [0.3, 0.4) is 0 Å². The van der Waals surface area contributed by atoms with Crippen LogP contribution in [0.2, 0.25) is 0 Å². The van der Waals surface area contributed by atoms with Crippen molar-refractivity contribution in [2.24, 2.45) is 0 Å². The molecule has 2 aromatic carbocycles. The molecule has 1 heterocycles. The summed E-state index contributed by atoms with van der Waals surface area (Å²) in [6.07, 6.45) is 0.659. The molecule has 0 fully saturated rings. The number of benzene rings is 2. The zero-order chi connectivity index (χ0) is 15.0. The minimum atomic E-state index is -0.222. The number of rotatable bonds is 3. The third-order valence-corrected chi connectivity index (χ3v) is 3.62. The SMILES string of the molecule is CC(C)n1c(Cc2ccc(F)cc2)nc2c(N)cccc21. The van der Waals surface area contributed by atoms with E-state index in [2.05, 4.69) is 18.4 Å².